The second-order valence-electron chi connectivity index (χ2n) is 5.71. The van der Waals surface area contributed by atoms with Crippen molar-refractivity contribution in [2.75, 3.05) is 6.61 Å². The average Bonchev–Trinajstić information content (AvgIpc) is 2.93. The van der Waals surface area contributed by atoms with Crippen LogP contribution < -0.4 is 10.5 Å². The highest BCUT2D eigenvalue weighted by Crippen LogP contribution is 2.16. The molecule has 130 valence electrons. The number of aromatic nitrogens is 1. The van der Waals surface area contributed by atoms with E-state index in [0.29, 0.717) is 25.1 Å². The first-order valence-electron chi connectivity index (χ1n) is 8.17. The molecule has 0 saturated carbocycles. The lowest BCUT2D eigenvalue weighted by Crippen LogP contribution is -2.15. The van der Waals surface area contributed by atoms with Crippen molar-refractivity contribution in [3.05, 3.63) is 64.1 Å². The van der Waals surface area contributed by atoms with Gasteiger partial charge in [-0.25, -0.2) is 9.59 Å². The molecule has 0 unspecified atom stereocenters. The highest BCUT2D eigenvalue weighted by molar-refractivity contribution is 5.91. The van der Waals surface area contributed by atoms with Gasteiger partial charge in [-0.15, -0.1) is 0 Å². The Morgan fingerprint density at radius 3 is 2.64 bits per heavy atom. The standard InChI is InChI=1S/C19H19NO5/c1-2-13-4-7-15(8-5-13)24-11-3-10-20-16-9-6-14(18(21)22)12-17(16)25-19(20)23/h4-9,12H,2-3,10-11H2,1H3,(H,21,22). The number of oxazole rings is 1. The molecule has 0 radical (unpaired) electrons. The van der Waals surface area contributed by atoms with Gasteiger partial charge in [0.2, 0.25) is 0 Å². The van der Waals surface area contributed by atoms with Crippen LogP contribution in [0.2, 0.25) is 0 Å². The van der Waals surface area contributed by atoms with E-state index in [1.54, 1.807) is 6.07 Å². The molecule has 0 bridgehead atoms. The summed E-state index contributed by atoms with van der Waals surface area (Å²) in [6.07, 6.45) is 1.62. The first-order chi connectivity index (χ1) is 12.1. The maximum absolute atomic E-state index is 12.0. The highest BCUT2D eigenvalue weighted by atomic mass is 16.5. The van der Waals surface area contributed by atoms with Crippen LogP contribution in [0.1, 0.15) is 29.3 Å². The number of carboxylic acids is 1. The fraction of sp³-hybridized carbons (Fsp3) is 0.263. The van der Waals surface area contributed by atoms with Crippen LogP contribution in [0.15, 0.2) is 51.7 Å². The molecule has 0 fully saturated rings. The number of hydrogen-bond donors (Lipinski definition) is 1. The molecule has 1 heterocycles. The largest absolute Gasteiger partial charge is 0.494 e. The van der Waals surface area contributed by atoms with Crippen molar-refractivity contribution < 1.29 is 19.1 Å². The van der Waals surface area contributed by atoms with Gasteiger partial charge in [0.25, 0.3) is 0 Å². The van der Waals surface area contributed by atoms with Crippen LogP contribution in [0.4, 0.5) is 0 Å². The molecule has 0 saturated heterocycles. The average molecular weight is 341 g/mol. The zero-order valence-corrected chi connectivity index (χ0v) is 13.9. The normalized spacial score (nSPS) is 10.9. The molecule has 0 aliphatic carbocycles. The Morgan fingerprint density at radius 2 is 1.96 bits per heavy atom. The first-order valence-corrected chi connectivity index (χ1v) is 8.17. The van der Waals surface area contributed by atoms with Crippen molar-refractivity contribution in [2.45, 2.75) is 26.3 Å². The Balaban J connectivity index is 1.63. The predicted molar refractivity (Wildman–Crippen MR) is 93.4 cm³/mol. The molecule has 0 spiro atoms. The lowest BCUT2D eigenvalue weighted by atomic mass is 10.2. The quantitative estimate of drug-likeness (QED) is 0.667. The fourth-order valence-electron chi connectivity index (χ4n) is 2.65. The fourth-order valence-corrected chi connectivity index (χ4v) is 2.65. The molecule has 0 amide bonds. The van der Waals surface area contributed by atoms with Gasteiger partial charge in [0.1, 0.15) is 5.75 Å². The van der Waals surface area contributed by atoms with Gasteiger partial charge in [-0.1, -0.05) is 19.1 Å². The first kappa shape index (κ1) is 16.8. The van der Waals surface area contributed by atoms with Crippen LogP contribution in [0.3, 0.4) is 0 Å². The lowest BCUT2D eigenvalue weighted by Gasteiger charge is -2.07. The van der Waals surface area contributed by atoms with Gasteiger partial charge in [0, 0.05) is 6.54 Å². The van der Waals surface area contributed by atoms with E-state index in [1.165, 1.54) is 22.3 Å². The third-order valence-corrected chi connectivity index (χ3v) is 4.04. The van der Waals surface area contributed by atoms with E-state index in [-0.39, 0.29) is 11.1 Å². The van der Waals surface area contributed by atoms with Crippen molar-refractivity contribution in [2.24, 2.45) is 0 Å². The Labute approximate surface area is 144 Å². The van der Waals surface area contributed by atoms with Crippen molar-refractivity contribution in [1.82, 2.24) is 4.57 Å². The van der Waals surface area contributed by atoms with Crippen molar-refractivity contribution in [3.63, 3.8) is 0 Å². The second-order valence-corrected chi connectivity index (χ2v) is 5.71. The number of rotatable bonds is 7. The van der Waals surface area contributed by atoms with E-state index in [4.69, 9.17) is 14.3 Å². The van der Waals surface area contributed by atoms with Gasteiger partial charge in [-0.3, -0.25) is 4.57 Å². The van der Waals surface area contributed by atoms with Gasteiger partial charge in [0.15, 0.2) is 5.58 Å². The SMILES string of the molecule is CCc1ccc(OCCCn2c(=O)oc3cc(C(=O)O)ccc32)cc1. The molecular weight excluding hydrogens is 322 g/mol. The van der Waals surface area contributed by atoms with Crippen LogP contribution in [0, 0.1) is 0 Å². The molecule has 3 aromatic rings. The van der Waals surface area contributed by atoms with E-state index in [1.807, 2.05) is 24.3 Å². The Bertz CT molecular complexity index is 937. The Hall–Kier alpha value is -3.02. The molecule has 6 heteroatoms. The minimum absolute atomic E-state index is 0.0901. The van der Waals surface area contributed by atoms with Crippen LogP contribution in [0.5, 0.6) is 5.75 Å². The zero-order chi connectivity index (χ0) is 17.8. The van der Waals surface area contributed by atoms with Crippen LogP contribution in [0.25, 0.3) is 11.1 Å². The molecule has 0 aliphatic rings. The van der Waals surface area contributed by atoms with Gasteiger partial charge >= 0.3 is 11.7 Å². The second kappa shape index (κ2) is 7.25. The number of benzene rings is 2. The van der Waals surface area contributed by atoms with E-state index < -0.39 is 11.7 Å². The molecular formula is C19H19NO5. The topological polar surface area (TPSA) is 81.7 Å². The third-order valence-electron chi connectivity index (χ3n) is 4.04. The predicted octanol–water partition coefficient (Wildman–Crippen LogP) is 3.32. The van der Waals surface area contributed by atoms with E-state index in [0.717, 1.165) is 12.2 Å². The van der Waals surface area contributed by atoms with Crippen LogP contribution in [-0.2, 0) is 13.0 Å². The van der Waals surface area contributed by atoms with Crippen molar-refractivity contribution in [1.29, 1.82) is 0 Å². The van der Waals surface area contributed by atoms with E-state index in [2.05, 4.69) is 6.92 Å². The van der Waals surface area contributed by atoms with Crippen molar-refractivity contribution in [3.8, 4) is 5.75 Å². The number of ether oxygens (including phenoxy) is 1. The van der Waals surface area contributed by atoms with Crippen LogP contribution in [-0.4, -0.2) is 22.2 Å². The summed E-state index contributed by atoms with van der Waals surface area (Å²) in [6.45, 7) is 3.01. The summed E-state index contributed by atoms with van der Waals surface area (Å²) in [5.74, 6) is -0.752. The number of nitrogens with zero attached hydrogens (tertiary/aromatic N) is 1. The summed E-state index contributed by atoms with van der Waals surface area (Å²) in [7, 11) is 0. The summed E-state index contributed by atoms with van der Waals surface area (Å²) in [4.78, 5) is 22.9. The maximum Gasteiger partial charge on any atom is 0.419 e. The molecule has 0 aliphatic heterocycles. The molecule has 6 nitrogen and oxygen atoms in total. The Kier molecular flexibility index (Phi) is 4.88. The third kappa shape index (κ3) is 3.74. The zero-order valence-electron chi connectivity index (χ0n) is 13.9. The minimum Gasteiger partial charge on any atom is -0.494 e. The highest BCUT2D eigenvalue weighted by Gasteiger charge is 2.12. The summed E-state index contributed by atoms with van der Waals surface area (Å²) >= 11 is 0. The molecule has 3 rings (SSSR count). The summed E-state index contributed by atoms with van der Waals surface area (Å²) < 4.78 is 12.3. The number of hydrogen-bond acceptors (Lipinski definition) is 4. The van der Waals surface area contributed by atoms with Gasteiger partial charge < -0.3 is 14.3 Å². The lowest BCUT2D eigenvalue weighted by molar-refractivity contribution is 0.0697. The number of carbonyl (C=O) groups is 1. The molecule has 25 heavy (non-hydrogen) atoms. The molecule has 2 aromatic carbocycles. The summed E-state index contributed by atoms with van der Waals surface area (Å²) in [6, 6.07) is 12.3. The van der Waals surface area contributed by atoms with Gasteiger partial charge in [0.05, 0.1) is 17.7 Å². The van der Waals surface area contributed by atoms with E-state index in [9.17, 15) is 9.59 Å². The van der Waals surface area contributed by atoms with Gasteiger partial charge in [-0.05, 0) is 48.7 Å². The molecule has 1 aromatic heterocycles. The monoisotopic (exact) mass is 341 g/mol. The smallest absolute Gasteiger partial charge is 0.419 e. The number of fused-ring (bicyclic) bond motifs is 1. The van der Waals surface area contributed by atoms with Crippen molar-refractivity contribution >= 4 is 17.1 Å². The maximum atomic E-state index is 12.0. The minimum atomic E-state index is -1.06. The number of aromatic carboxylic acids is 1. The number of carboxylic acid groups (broad SMARTS) is 1. The van der Waals surface area contributed by atoms with Gasteiger partial charge in [-0.2, -0.15) is 0 Å². The molecule has 1 N–H and O–H groups in total. The number of aryl methyl sites for hydroxylation is 2. The summed E-state index contributed by atoms with van der Waals surface area (Å²) in [5, 5.41) is 8.99. The summed E-state index contributed by atoms with van der Waals surface area (Å²) in [5.41, 5.74) is 2.21. The Morgan fingerprint density at radius 1 is 1.20 bits per heavy atom. The van der Waals surface area contributed by atoms with Crippen LogP contribution >= 0.6 is 0 Å². The van der Waals surface area contributed by atoms with E-state index >= 15 is 0 Å². The molecule has 0 atom stereocenters.